The van der Waals surface area contributed by atoms with E-state index in [0.717, 1.165) is 43.3 Å². The minimum atomic E-state index is -0.687. The van der Waals surface area contributed by atoms with Crippen LogP contribution in [0.5, 0.6) is 11.6 Å². The Balaban J connectivity index is 1.12. The third kappa shape index (κ3) is 5.65. The molecule has 2 aliphatic heterocycles. The van der Waals surface area contributed by atoms with Gasteiger partial charge in [0.1, 0.15) is 17.7 Å². The number of hydrogen-bond acceptors (Lipinski definition) is 7. The third-order valence-corrected chi connectivity index (χ3v) is 7.57. The van der Waals surface area contributed by atoms with Crippen molar-refractivity contribution in [2.45, 2.75) is 38.7 Å². The molecule has 2 fully saturated rings. The van der Waals surface area contributed by atoms with Crippen LogP contribution in [0.2, 0.25) is 0 Å². The molecule has 0 unspecified atom stereocenters. The summed E-state index contributed by atoms with van der Waals surface area (Å²) >= 11 is 0. The summed E-state index contributed by atoms with van der Waals surface area (Å²) in [6.07, 6.45) is 4.20. The fourth-order valence-corrected chi connectivity index (χ4v) is 5.27. The van der Waals surface area contributed by atoms with E-state index in [1.54, 1.807) is 0 Å². The number of hydrogen-bond donors (Lipinski definition) is 1. The minimum Gasteiger partial charge on any atom is -0.488 e. The van der Waals surface area contributed by atoms with Crippen molar-refractivity contribution in [3.8, 4) is 11.6 Å². The monoisotopic (exact) mass is 494 g/mol. The number of nitrogens with zero attached hydrogens (tertiary/aromatic N) is 2. The zero-order valence-corrected chi connectivity index (χ0v) is 20.6. The summed E-state index contributed by atoms with van der Waals surface area (Å²) in [5.74, 6) is 1.02. The van der Waals surface area contributed by atoms with Gasteiger partial charge in [-0.15, -0.1) is 0 Å². The molecule has 0 bridgehead atoms. The van der Waals surface area contributed by atoms with Crippen LogP contribution in [0.3, 0.4) is 0 Å². The quantitative estimate of drug-likeness (QED) is 0.431. The van der Waals surface area contributed by atoms with E-state index >= 15 is 0 Å². The molecule has 0 radical (unpaired) electrons. The van der Waals surface area contributed by atoms with Crippen molar-refractivity contribution < 1.29 is 28.6 Å². The standard InChI is InChI=1S/C28H34N2O6/c31-27(32)28(12-17-33-18-13-28)20-30-14-9-21(10-15-30)11-16-34-26-25-23(7-4-8-24(25)36-29-26)35-19-22-5-2-1-3-6-22/h1-8,21H,9-20H2,(H,31,32). The van der Waals surface area contributed by atoms with Crippen LogP contribution in [0, 0.1) is 11.3 Å². The zero-order chi connectivity index (χ0) is 24.8. The number of rotatable bonds is 10. The number of likely N-dealkylation sites (tertiary alicyclic amines) is 1. The third-order valence-electron chi connectivity index (χ3n) is 7.57. The maximum atomic E-state index is 12.0. The van der Waals surface area contributed by atoms with Crippen LogP contribution < -0.4 is 9.47 Å². The van der Waals surface area contributed by atoms with Crippen LogP contribution in [0.15, 0.2) is 53.1 Å². The van der Waals surface area contributed by atoms with Gasteiger partial charge in [0.15, 0.2) is 5.58 Å². The van der Waals surface area contributed by atoms with E-state index in [0.29, 0.717) is 68.9 Å². The Morgan fingerprint density at radius 1 is 1.06 bits per heavy atom. The van der Waals surface area contributed by atoms with Crippen LogP contribution in [-0.4, -0.2) is 60.6 Å². The number of carboxylic acids is 1. The van der Waals surface area contributed by atoms with Gasteiger partial charge in [-0.2, -0.15) is 0 Å². The molecule has 1 N–H and O–H groups in total. The average molecular weight is 495 g/mol. The van der Waals surface area contributed by atoms with Crippen molar-refractivity contribution in [2.75, 3.05) is 39.5 Å². The predicted octanol–water partition coefficient (Wildman–Crippen LogP) is 4.77. The highest BCUT2D eigenvalue weighted by molar-refractivity contribution is 5.88. The Kier molecular flexibility index (Phi) is 7.72. The first-order valence-electron chi connectivity index (χ1n) is 12.8. The first-order valence-corrected chi connectivity index (χ1v) is 12.8. The van der Waals surface area contributed by atoms with Crippen molar-refractivity contribution in [1.29, 1.82) is 0 Å². The molecule has 2 aromatic carbocycles. The number of piperidine rings is 1. The van der Waals surface area contributed by atoms with E-state index in [4.69, 9.17) is 18.7 Å². The second kappa shape index (κ2) is 11.3. The number of benzene rings is 2. The van der Waals surface area contributed by atoms with Gasteiger partial charge in [0.2, 0.25) is 0 Å². The summed E-state index contributed by atoms with van der Waals surface area (Å²) in [6.45, 7) is 4.54. The molecule has 0 amide bonds. The largest absolute Gasteiger partial charge is 0.488 e. The van der Waals surface area contributed by atoms with Crippen LogP contribution in [0.25, 0.3) is 11.0 Å². The first kappa shape index (κ1) is 24.6. The van der Waals surface area contributed by atoms with Gasteiger partial charge in [0.25, 0.3) is 5.88 Å². The molecule has 2 saturated heterocycles. The SMILES string of the molecule is O=C(O)C1(CN2CCC(CCOc3noc4cccc(OCc5ccccc5)c34)CC2)CCOCC1. The molecule has 5 rings (SSSR count). The molecule has 3 heterocycles. The first-order chi connectivity index (χ1) is 17.6. The Bertz CT molecular complexity index is 1130. The molecule has 192 valence electrons. The summed E-state index contributed by atoms with van der Waals surface area (Å²) in [7, 11) is 0. The lowest BCUT2D eigenvalue weighted by atomic mass is 9.79. The highest BCUT2D eigenvalue weighted by Crippen LogP contribution is 2.35. The molecular formula is C28H34N2O6. The minimum absolute atomic E-state index is 0.458. The van der Waals surface area contributed by atoms with Gasteiger partial charge in [-0.25, -0.2) is 0 Å². The van der Waals surface area contributed by atoms with Gasteiger partial charge in [-0.3, -0.25) is 4.79 Å². The molecular weight excluding hydrogens is 460 g/mol. The van der Waals surface area contributed by atoms with Crippen molar-refractivity contribution in [3.63, 3.8) is 0 Å². The van der Waals surface area contributed by atoms with Gasteiger partial charge in [-0.05, 0) is 74.0 Å². The summed E-state index contributed by atoms with van der Waals surface area (Å²) in [4.78, 5) is 14.3. The number of carbonyl (C=O) groups is 1. The fraction of sp³-hybridized carbons (Fsp3) is 0.500. The average Bonchev–Trinajstić information content (AvgIpc) is 3.33. The van der Waals surface area contributed by atoms with Crippen LogP contribution >= 0.6 is 0 Å². The molecule has 8 heteroatoms. The number of aliphatic carboxylic acids is 1. The summed E-state index contributed by atoms with van der Waals surface area (Å²) in [5.41, 5.74) is 1.07. The lowest BCUT2D eigenvalue weighted by Gasteiger charge is -2.40. The second-order valence-electron chi connectivity index (χ2n) is 9.95. The van der Waals surface area contributed by atoms with E-state index in [-0.39, 0.29) is 0 Å². The number of aromatic nitrogens is 1. The smallest absolute Gasteiger partial charge is 0.311 e. The second-order valence-corrected chi connectivity index (χ2v) is 9.95. The predicted molar refractivity (Wildman–Crippen MR) is 134 cm³/mol. The maximum absolute atomic E-state index is 12.0. The molecule has 2 aliphatic rings. The topological polar surface area (TPSA) is 94.3 Å². The zero-order valence-electron chi connectivity index (χ0n) is 20.6. The molecule has 1 aromatic heterocycles. The maximum Gasteiger partial charge on any atom is 0.311 e. The molecule has 0 saturated carbocycles. The van der Waals surface area contributed by atoms with Gasteiger partial charge < -0.3 is 28.7 Å². The van der Waals surface area contributed by atoms with Gasteiger partial charge in [0, 0.05) is 19.8 Å². The van der Waals surface area contributed by atoms with Gasteiger partial charge >= 0.3 is 5.97 Å². The highest BCUT2D eigenvalue weighted by atomic mass is 16.5. The van der Waals surface area contributed by atoms with E-state index in [1.165, 1.54) is 0 Å². The van der Waals surface area contributed by atoms with Crippen molar-refractivity contribution >= 4 is 16.9 Å². The molecule has 36 heavy (non-hydrogen) atoms. The van der Waals surface area contributed by atoms with E-state index in [2.05, 4.69) is 10.1 Å². The molecule has 0 atom stereocenters. The number of ether oxygens (including phenoxy) is 3. The van der Waals surface area contributed by atoms with Crippen molar-refractivity contribution in [2.24, 2.45) is 11.3 Å². The Morgan fingerprint density at radius 3 is 2.58 bits per heavy atom. The Labute approximate surface area is 211 Å². The van der Waals surface area contributed by atoms with Gasteiger partial charge in [0.05, 0.1) is 12.0 Å². The highest BCUT2D eigenvalue weighted by Gasteiger charge is 2.42. The molecule has 8 nitrogen and oxygen atoms in total. The normalized spacial score (nSPS) is 18.8. The summed E-state index contributed by atoms with van der Waals surface area (Å²) < 4.78 is 23.0. The van der Waals surface area contributed by atoms with Crippen molar-refractivity contribution in [1.82, 2.24) is 10.1 Å². The summed E-state index contributed by atoms with van der Waals surface area (Å²) in [5, 5.41) is 14.7. The van der Waals surface area contributed by atoms with E-state index in [9.17, 15) is 9.90 Å². The fourth-order valence-electron chi connectivity index (χ4n) is 5.27. The van der Waals surface area contributed by atoms with Crippen LogP contribution in [0.1, 0.15) is 37.7 Å². The number of fused-ring (bicyclic) bond motifs is 1. The number of carboxylic acid groups (broad SMARTS) is 1. The van der Waals surface area contributed by atoms with Crippen LogP contribution in [0.4, 0.5) is 0 Å². The lowest BCUT2D eigenvalue weighted by Crippen LogP contribution is -2.48. The van der Waals surface area contributed by atoms with E-state index < -0.39 is 11.4 Å². The van der Waals surface area contributed by atoms with Crippen molar-refractivity contribution in [3.05, 3.63) is 54.1 Å². The Morgan fingerprint density at radius 2 is 1.83 bits per heavy atom. The lowest BCUT2D eigenvalue weighted by molar-refractivity contribution is -0.157. The van der Waals surface area contributed by atoms with Gasteiger partial charge in [-0.1, -0.05) is 36.4 Å². The van der Waals surface area contributed by atoms with Crippen LogP contribution in [-0.2, 0) is 16.1 Å². The Hall–Kier alpha value is -3.10. The molecule has 3 aromatic rings. The van der Waals surface area contributed by atoms with E-state index in [1.807, 2.05) is 48.5 Å². The molecule has 0 spiro atoms. The molecule has 0 aliphatic carbocycles. The summed E-state index contributed by atoms with van der Waals surface area (Å²) in [6, 6.07) is 15.7.